The third-order valence-corrected chi connectivity index (χ3v) is 18.7. The second kappa shape index (κ2) is 65.2. The highest BCUT2D eigenvalue weighted by atomic mass is 31.2. The molecule has 0 aliphatic heterocycles. The lowest BCUT2D eigenvalue weighted by molar-refractivity contribution is -0.161. The van der Waals surface area contributed by atoms with Crippen molar-refractivity contribution in [2.75, 3.05) is 39.6 Å². The van der Waals surface area contributed by atoms with E-state index in [2.05, 4.69) is 72.8 Å². The van der Waals surface area contributed by atoms with Gasteiger partial charge in [0.15, 0.2) is 12.2 Å². The fourth-order valence-corrected chi connectivity index (χ4v) is 12.5. The Morgan fingerprint density at radius 1 is 0.330 bits per heavy atom. The minimum Gasteiger partial charge on any atom is -0.462 e. The van der Waals surface area contributed by atoms with Crippen molar-refractivity contribution in [3.05, 3.63) is 24.3 Å². The largest absolute Gasteiger partial charge is 0.472 e. The number of esters is 4. The smallest absolute Gasteiger partial charge is 0.462 e. The standard InChI is InChI=1S/C75H142O17P2/c1-8-9-10-11-12-13-14-15-16-19-23-29-36-44-51-58-74(79)91-70(62-85-72(77)56-49-42-35-28-22-20-17-18-21-26-32-39-46-53-66(2)3)64-89-93(81,82)87-60-69(76)61-88-94(83,84)90-65-71(63-86-73(78)57-50-43-38-31-34-41-48-55-68(6)7)92-75(80)59-52-45-37-30-25-24-27-33-40-47-54-67(4)5/h13-16,66-71,76H,8-12,17-65H2,1-7H3,(H,81,82)(H,83,84)/b14-13-,16-15-/t69?,70-,71-/m1/s1. The third kappa shape index (κ3) is 68.1. The van der Waals surface area contributed by atoms with Crippen LogP contribution in [0.5, 0.6) is 0 Å². The van der Waals surface area contributed by atoms with Crippen LogP contribution in [0, 0.1) is 17.8 Å². The lowest BCUT2D eigenvalue weighted by Gasteiger charge is -2.21. The predicted octanol–water partition coefficient (Wildman–Crippen LogP) is 21.3. The maximum absolute atomic E-state index is 13.1. The van der Waals surface area contributed by atoms with Crippen molar-refractivity contribution in [2.45, 2.75) is 375 Å². The van der Waals surface area contributed by atoms with E-state index in [4.69, 9.17) is 37.0 Å². The van der Waals surface area contributed by atoms with Gasteiger partial charge < -0.3 is 33.8 Å². The molecule has 0 bridgehead atoms. The monoisotopic (exact) mass is 1380 g/mol. The number of hydrogen-bond donors (Lipinski definition) is 3. The van der Waals surface area contributed by atoms with Crippen LogP contribution in [-0.4, -0.2) is 96.7 Å². The molecule has 554 valence electrons. The van der Waals surface area contributed by atoms with Crippen molar-refractivity contribution in [1.29, 1.82) is 0 Å². The first kappa shape index (κ1) is 91.5. The number of unbranched alkanes of at least 4 members (excludes halogenated alkanes) is 36. The highest BCUT2D eigenvalue weighted by Crippen LogP contribution is 2.45. The first-order valence-corrected chi connectivity index (χ1v) is 41.2. The van der Waals surface area contributed by atoms with E-state index < -0.39 is 97.5 Å². The van der Waals surface area contributed by atoms with E-state index in [9.17, 15) is 43.2 Å². The minimum atomic E-state index is -4.97. The van der Waals surface area contributed by atoms with Gasteiger partial charge in [-0.2, -0.15) is 0 Å². The number of carbonyl (C=O) groups excluding carboxylic acids is 4. The van der Waals surface area contributed by atoms with Crippen LogP contribution in [0.1, 0.15) is 357 Å². The second-order valence-corrected chi connectivity index (χ2v) is 30.7. The van der Waals surface area contributed by atoms with Crippen molar-refractivity contribution in [3.63, 3.8) is 0 Å². The number of ether oxygens (including phenoxy) is 4. The van der Waals surface area contributed by atoms with E-state index in [-0.39, 0.29) is 25.7 Å². The van der Waals surface area contributed by atoms with Crippen molar-refractivity contribution in [1.82, 2.24) is 0 Å². The van der Waals surface area contributed by atoms with Crippen LogP contribution in [0.4, 0.5) is 0 Å². The van der Waals surface area contributed by atoms with Gasteiger partial charge in [-0.25, -0.2) is 9.13 Å². The Morgan fingerprint density at radius 2 is 0.574 bits per heavy atom. The fourth-order valence-electron chi connectivity index (χ4n) is 10.9. The van der Waals surface area contributed by atoms with E-state index in [0.29, 0.717) is 31.6 Å². The molecule has 0 fully saturated rings. The van der Waals surface area contributed by atoms with Crippen LogP contribution in [0.25, 0.3) is 0 Å². The van der Waals surface area contributed by atoms with Crippen molar-refractivity contribution < 1.29 is 80.2 Å². The van der Waals surface area contributed by atoms with Gasteiger partial charge in [-0.3, -0.25) is 37.3 Å². The fraction of sp³-hybridized carbons (Fsp3) is 0.893. The molecular formula is C75H142O17P2. The van der Waals surface area contributed by atoms with Crippen LogP contribution < -0.4 is 0 Å². The van der Waals surface area contributed by atoms with Gasteiger partial charge in [0.1, 0.15) is 19.3 Å². The van der Waals surface area contributed by atoms with Crippen LogP contribution in [0.3, 0.4) is 0 Å². The maximum Gasteiger partial charge on any atom is 0.472 e. The Kier molecular flexibility index (Phi) is 63.5. The lowest BCUT2D eigenvalue weighted by Crippen LogP contribution is -2.30. The zero-order chi connectivity index (χ0) is 69.4. The molecule has 0 rings (SSSR count). The van der Waals surface area contributed by atoms with E-state index >= 15 is 0 Å². The maximum atomic E-state index is 13.1. The van der Waals surface area contributed by atoms with Gasteiger partial charge >= 0.3 is 39.5 Å². The molecule has 0 heterocycles. The average molecular weight is 1380 g/mol. The number of rotatable bonds is 71. The molecule has 0 aliphatic carbocycles. The third-order valence-electron chi connectivity index (χ3n) is 16.8. The molecule has 0 aromatic carbocycles. The Bertz CT molecular complexity index is 1930. The van der Waals surface area contributed by atoms with Crippen LogP contribution in [0.2, 0.25) is 0 Å². The van der Waals surface area contributed by atoms with Crippen molar-refractivity contribution >= 4 is 39.5 Å². The summed E-state index contributed by atoms with van der Waals surface area (Å²) in [4.78, 5) is 72.7. The Hall–Kier alpha value is -2.46. The molecule has 0 saturated carbocycles. The summed E-state index contributed by atoms with van der Waals surface area (Å²) in [5, 5.41) is 10.6. The second-order valence-electron chi connectivity index (χ2n) is 27.8. The van der Waals surface area contributed by atoms with Crippen molar-refractivity contribution in [3.8, 4) is 0 Å². The van der Waals surface area contributed by atoms with E-state index in [1.165, 1.54) is 148 Å². The molecule has 5 atom stereocenters. The molecule has 0 aromatic rings. The van der Waals surface area contributed by atoms with Gasteiger partial charge in [-0.1, -0.05) is 304 Å². The number of aliphatic hydroxyl groups is 1. The van der Waals surface area contributed by atoms with Gasteiger partial charge in [0.2, 0.25) is 0 Å². The summed E-state index contributed by atoms with van der Waals surface area (Å²) in [5.41, 5.74) is 0. The van der Waals surface area contributed by atoms with Crippen LogP contribution in [-0.2, 0) is 65.4 Å². The first-order chi connectivity index (χ1) is 45.2. The number of carbonyl (C=O) groups is 4. The number of allylic oxidation sites excluding steroid dienone is 4. The molecule has 0 radical (unpaired) electrons. The molecule has 19 heteroatoms. The van der Waals surface area contributed by atoms with E-state index in [1.54, 1.807) is 0 Å². The number of aliphatic hydroxyl groups excluding tert-OH is 1. The van der Waals surface area contributed by atoms with Crippen molar-refractivity contribution in [2.24, 2.45) is 17.8 Å². The van der Waals surface area contributed by atoms with Gasteiger partial charge in [0.25, 0.3) is 0 Å². The molecule has 94 heavy (non-hydrogen) atoms. The molecule has 17 nitrogen and oxygen atoms in total. The molecular weight excluding hydrogens is 1230 g/mol. The zero-order valence-corrected chi connectivity index (χ0v) is 62.7. The minimum absolute atomic E-state index is 0.0847. The molecule has 0 amide bonds. The Labute approximate surface area is 573 Å². The molecule has 0 aromatic heterocycles. The summed E-state index contributed by atoms with van der Waals surface area (Å²) in [7, 11) is -9.92. The first-order valence-electron chi connectivity index (χ1n) is 38.2. The summed E-state index contributed by atoms with van der Waals surface area (Å²) in [6, 6.07) is 0. The quantitative estimate of drug-likeness (QED) is 0.0169. The highest BCUT2D eigenvalue weighted by molar-refractivity contribution is 7.47. The predicted molar refractivity (Wildman–Crippen MR) is 381 cm³/mol. The van der Waals surface area contributed by atoms with Gasteiger partial charge in [-0.05, 0) is 69.1 Å². The molecule has 0 spiro atoms. The summed E-state index contributed by atoms with van der Waals surface area (Å²) >= 11 is 0. The summed E-state index contributed by atoms with van der Waals surface area (Å²) < 4.78 is 68.4. The lowest BCUT2D eigenvalue weighted by atomic mass is 10.0. The molecule has 3 N–H and O–H groups in total. The zero-order valence-electron chi connectivity index (χ0n) is 60.9. The van der Waals surface area contributed by atoms with E-state index in [0.717, 1.165) is 121 Å². The topological polar surface area (TPSA) is 237 Å². The number of phosphoric acid groups is 2. The Balaban J connectivity index is 5.29. The molecule has 0 saturated heterocycles. The average Bonchev–Trinajstić information content (AvgIpc) is 1.66. The SMILES string of the molecule is CCCCCC/C=C\C=C/CCCCCCCC(=O)O[C@H](COC(=O)CCCCCCCCCCCCCCCC(C)C)COP(=O)(O)OCC(O)COP(=O)(O)OC[C@@H](COC(=O)CCCCCCCCCC(C)C)OC(=O)CCCCCCCCCCCCC(C)C. The van der Waals surface area contributed by atoms with Gasteiger partial charge in [-0.15, -0.1) is 0 Å². The highest BCUT2D eigenvalue weighted by Gasteiger charge is 2.30. The van der Waals surface area contributed by atoms with Crippen LogP contribution in [0.15, 0.2) is 24.3 Å². The number of phosphoric ester groups is 2. The van der Waals surface area contributed by atoms with Gasteiger partial charge in [0, 0.05) is 25.7 Å². The summed E-state index contributed by atoms with van der Waals surface area (Å²) in [6.45, 7) is 11.8. The Morgan fingerprint density at radius 3 is 0.862 bits per heavy atom. The van der Waals surface area contributed by atoms with E-state index in [1.807, 2.05) is 0 Å². The summed E-state index contributed by atoms with van der Waals surface area (Å²) in [6.07, 6.45) is 53.6. The van der Waals surface area contributed by atoms with Gasteiger partial charge in [0.05, 0.1) is 26.4 Å². The number of hydrogen-bond acceptors (Lipinski definition) is 15. The normalized spacial score (nSPS) is 14.3. The van der Waals surface area contributed by atoms with Crippen LogP contribution >= 0.6 is 15.6 Å². The molecule has 0 aliphatic rings. The molecule has 3 unspecified atom stereocenters. The summed E-state index contributed by atoms with van der Waals surface area (Å²) in [5.74, 6) is 0.0920.